The summed E-state index contributed by atoms with van der Waals surface area (Å²) in [5, 5.41) is 10.7. The van der Waals surface area contributed by atoms with Crippen molar-refractivity contribution in [3.8, 4) is 0 Å². The van der Waals surface area contributed by atoms with Crippen LogP contribution < -0.4 is 5.32 Å². The van der Waals surface area contributed by atoms with E-state index in [1.54, 1.807) is 0 Å². The molecular weight excluding hydrogens is 372 g/mol. The summed E-state index contributed by atoms with van der Waals surface area (Å²) in [4.78, 5) is 9.43. The molecule has 1 saturated heterocycles. The Bertz CT molecular complexity index is 1040. The van der Waals surface area contributed by atoms with Gasteiger partial charge in [-0.3, -0.25) is 14.6 Å². The third-order valence-corrected chi connectivity index (χ3v) is 6.24. The molecule has 0 atom stereocenters. The van der Waals surface area contributed by atoms with E-state index >= 15 is 0 Å². The summed E-state index contributed by atoms with van der Waals surface area (Å²) in [5.41, 5.74) is 4.95. The van der Waals surface area contributed by atoms with Gasteiger partial charge in [0.1, 0.15) is 0 Å². The van der Waals surface area contributed by atoms with Crippen molar-refractivity contribution in [2.24, 2.45) is 12.0 Å². The van der Waals surface area contributed by atoms with Crippen molar-refractivity contribution in [1.29, 1.82) is 0 Å². The van der Waals surface area contributed by atoms with Crippen LogP contribution in [0, 0.1) is 13.8 Å². The minimum atomic E-state index is 0.758. The van der Waals surface area contributed by atoms with Crippen LogP contribution >= 0.6 is 0 Å². The Morgan fingerprint density at radius 3 is 2.47 bits per heavy atom. The minimum Gasteiger partial charge on any atom is -0.352 e. The van der Waals surface area contributed by atoms with Crippen LogP contribution in [-0.2, 0) is 20.1 Å². The van der Waals surface area contributed by atoms with E-state index in [9.17, 15) is 0 Å². The van der Waals surface area contributed by atoms with Gasteiger partial charge in [0.2, 0.25) is 0 Å². The predicted molar refractivity (Wildman–Crippen MR) is 124 cm³/mol. The lowest BCUT2D eigenvalue weighted by Gasteiger charge is -2.36. The van der Waals surface area contributed by atoms with Crippen molar-refractivity contribution in [3.05, 3.63) is 65.0 Å². The summed E-state index contributed by atoms with van der Waals surface area (Å²) < 4.78 is 1.95. The standard InChI is InChI=1S/C24H32N6/c1-18-23(19(2)28(4)27-18)16-26-24(25-3)30-14-12-29(13-15-30)17-21-10-7-9-20-8-5-6-11-22(20)21/h5-11H,12-17H2,1-4H3,(H,25,26). The average molecular weight is 405 g/mol. The van der Waals surface area contributed by atoms with Gasteiger partial charge < -0.3 is 10.2 Å². The van der Waals surface area contributed by atoms with Crippen LogP contribution in [-0.4, -0.2) is 58.8 Å². The highest BCUT2D eigenvalue weighted by Crippen LogP contribution is 2.20. The van der Waals surface area contributed by atoms with Gasteiger partial charge in [0.15, 0.2) is 5.96 Å². The van der Waals surface area contributed by atoms with Crippen molar-refractivity contribution >= 4 is 16.7 Å². The monoisotopic (exact) mass is 404 g/mol. The number of fused-ring (bicyclic) bond motifs is 1. The van der Waals surface area contributed by atoms with E-state index in [-0.39, 0.29) is 0 Å². The van der Waals surface area contributed by atoms with Gasteiger partial charge in [0.25, 0.3) is 0 Å². The highest BCUT2D eigenvalue weighted by atomic mass is 15.3. The Kier molecular flexibility index (Phi) is 6.04. The molecule has 2 aromatic carbocycles. The first-order valence-electron chi connectivity index (χ1n) is 10.7. The molecule has 3 aromatic rings. The fourth-order valence-corrected chi connectivity index (χ4v) is 4.36. The number of piperazine rings is 1. The van der Waals surface area contributed by atoms with Crippen LogP contribution in [0.1, 0.15) is 22.5 Å². The van der Waals surface area contributed by atoms with Crippen LogP contribution in [0.3, 0.4) is 0 Å². The second-order valence-electron chi connectivity index (χ2n) is 8.08. The molecule has 0 aliphatic carbocycles. The first-order chi connectivity index (χ1) is 14.6. The summed E-state index contributed by atoms with van der Waals surface area (Å²) in [7, 11) is 3.86. The molecule has 0 spiro atoms. The first kappa shape index (κ1) is 20.4. The van der Waals surface area contributed by atoms with Crippen LogP contribution in [0.5, 0.6) is 0 Å². The van der Waals surface area contributed by atoms with Crippen LogP contribution in [0.15, 0.2) is 47.5 Å². The fourth-order valence-electron chi connectivity index (χ4n) is 4.36. The zero-order chi connectivity index (χ0) is 21.1. The minimum absolute atomic E-state index is 0.758. The molecule has 6 heteroatoms. The van der Waals surface area contributed by atoms with E-state index in [4.69, 9.17) is 0 Å². The largest absolute Gasteiger partial charge is 0.352 e. The molecule has 0 radical (unpaired) electrons. The molecule has 6 nitrogen and oxygen atoms in total. The summed E-state index contributed by atoms with van der Waals surface area (Å²) >= 11 is 0. The van der Waals surface area contributed by atoms with E-state index in [0.717, 1.165) is 50.9 Å². The maximum Gasteiger partial charge on any atom is 0.194 e. The number of nitrogens with one attached hydrogen (secondary N) is 1. The number of aromatic nitrogens is 2. The lowest BCUT2D eigenvalue weighted by Crippen LogP contribution is -2.52. The molecule has 158 valence electrons. The van der Waals surface area contributed by atoms with Crippen LogP contribution in [0.2, 0.25) is 0 Å². The molecular formula is C24H32N6. The lowest BCUT2D eigenvalue weighted by molar-refractivity contribution is 0.173. The molecule has 1 aromatic heterocycles. The number of rotatable bonds is 4. The number of hydrogen-bond acceptors (Lipinski definition) is 3. The van der Waals surface area contributed by atoms with E-state index in [1.807, 2.05) is 18.8 Å². The van der Waals surface area contributed by atoms with E-state index in [0.29, 0.717) is 0 Å². The van der Waals surface area contributed by atoms with Crippen molar-refractivity contribution in [3.63, 3.8) is 0 Å². The van der Waals surface area contributed by atoms with Crippen LogP contribution in [0.25, 0.3) is 10.8 Å². The van der Waals surface area contributed by atoms with Gasteiger partial charge >= 0.3 is 0 Å². The number of aliphatic imine (C=N–C) groups is 1. The maximum atomic E-state index is 4.53. The molecule has 30 heavy (non-hydrogen) atoms. The average Bonchev–Trinajstić information content (AvgIpc) is 3.01. The SMILES string of the molecule is CN=C(NCc1c(C)nn(C)c1C)N1CCN(Cc2cccc3ccccc23)CC1. The highest BCUT2D eigenvalue weighted by Gasteiger charge is 2.20. The zero-order valence-electron chi connectivity index (χ0n) is 18.5. The molecule has 0 amide bonds. The Balaban J connectivity index is 1.35. The molecule has 0 unspecified atom stereocenters. The number of benzene rings is 2. The number of aryl methyl sites for hydroxylation is 2. The first-order valence-corrected chi connectivity index (χ1v) is 10.7. The Labute approximate surface area is 179 Å². The third-order valence-electron chi connectivity index (χ3n) is 6.24. The number of hydrogen-bond donors (Lipinski definition) is 1. The summed E-state index contributed by atoms with van der Waals surface area (Å²) in [6, 6.07) is 15.3. The van der Waals surface area contributed by atoms with Gasteiger partial charge in [-0.1, -0.05) is 42.5 Å². The van der Waals surface area contributed by atoms with Gasteiger partial charge in [-0.05, 0) is 30.2 Å². The molecule has 0 saturated carbocycles. The molecule has 0 bridgehead atoms. The van der Waals surface area contributed by atoms with Gasteiger partial charge in [0, 0.05) is 64.6 Å². The van der Waals surface area contributed by atoms with Crippen LogP contribution in [0.4, 0.5) is 0 Å². The van der Waals surface area contributed by atoms with Gasteiger partial charge in [-0.2, -0.15) is 5.10 Å². The Hall–Kier alpha value is -2.86. The third kappa shape index (κ3) is 4.19. The van der Waals surface area contributed by atoms with Crippen molar-refractivity contribution in [2.75, 3.05) is 33.2 Å². The molecule has 1 aliphatic rings. The summed E-state index contributed by atoms with van der Waals surface area (Å²) in [5.74, 6) is 0.975. The molecule has 4 rings (SSSR count). The van der Waals surface area contributed by atoms with Crippen molar-refractivity contribution in [2.45, 2.75) is 26.9 Å². The summed E-state index contributed by atoms with van der Waals surface area (Å²) in [6.45, 7) is 9.98. The van der Waals surface area contributed by atoms with Crippen molar-refractivity contribution < 1.29 is 0 Å². The van der Waals surface area contributed by atoms with Gasteiger partial charge in [-0.25, -0.2) is 0 Å². The summed E-state index contributed by atoms with van der Waals surface area (Å²) in [6.07, 6.45) is 0. The fraction of sp³-hybridized carbons (Fsp3) is 0.417. The number of guanidine groups is 1. The molecule has 1 aliphatic heterocycles. The van der Waals surface area contributed by atoms with Gasteiger partial charge in [0.05, 0.1) is 5.69 Å². The molecule has 2 heterocycles. The van der Waals surface area contributed by atoms with Crippen molar-refractivity contribution in [1.82, 2.24) is 24.9 Å². The number of nitrogens with zero attached hydrogens (tertiary/aromatic N) is 5. The van der Waals surface area contributed by atoms with E-state index < -0.39 is 0 Å². The lowest BCUT2D eigenvalue weighted by atomic mass is 10.0. The Morgan fingerprint density at radius 1 is 1.03 bits per heavy atom. The highest BCUT2D eigenvalue weighted by molar-refractivity contribution is 5.85. The van der Waals surface area contributed by atoms with E-state index in [1.165, 1.54) is 27.6 Å². The maximum absolute atomic E-state index is 4.53. The smallest absolute Gasteiger partial charge is 0.194 e. The topological polar surface area (TPSA) is 48.7 Å². The zero-order valence-corrected chi connectivity index (χ0v) is 18.5. The predicted octanol–water partition coefficient (Wildman–Crippen LogP) is 3.08. The Morgan fingerprint density at radius 2 is 1.77 bits per heavy atom. The molecule has 1 fully saturated rings. The second-order valence-corrected chi connectivity index (χ2v) is 8.08. The molecule has 1 N–H and O–H groups in total. The normalized spacial score (nSPS) is 15.7. The van der Waals surface area contributed by atoms with E-state index in [2.05, 4.69) is 81.5 Å². The quantitative estimate of drug-likeness (QED) is 0.536. The van der Waals surface area contributed by atoms with Gasteiger partial charge in [-0.15, -0.1) is 0 Å². The second kappa shape index (κ2) is 8.88.